The Balaban J connectivity index is 1.36. The van der Waals surface area contributed by atoms with Crippen LogP contribution in [0.3, 0.4) is 0 Å². The van der Waals surface area contributed by atoms with Gasteiger partial charge in [0.25, 0.3) is 0 Å². The minimum atomic E-state index is -0.411. The quantitative estimate of drug-likeness (QED) is 0.419. The molecule has 162 valence electrons. The van der Waals surface area contributed by atoms with Crippen LogP contribution in [0.5, 0.6) is 0 Å². The van der Waals surface area contributed by atoms with Crippen LogP contribution in [0, 0.1) is 5.82 Å². The van der Waals surface area contributed by atoms with E-state index < -0.39 is 11.8 Å². The van der Waals surface area contributed by atoms with Gasteiger partial charge in [-0.1, -0.05) is 36.4 Å². The van der Waals surface area contributed by atoms with Gasteiger partial charge < -0.3 is 10.6 Å². The largest absolute Gasteiger partial charge is 0.331 e. The van der Waals surface area contributed by atoms with Gasteiger partial charge in [-0.15, -0.1) is 5.10 Å². The maximum atomic E-state index is 13.8. The molecule has 7 nitrogen and oxygen atoms in total. The van der Waals surface area contributed by atoms with Gasteiger partial charge in [0, 0.05) is 18.0 Å². The first kappa shape index (κ1) is 21.0. The van der Waals surface area contributed by atoms with Crippen molar-refractivity contribution in [2.24, 2.45) is 0 Å². The minimum absolute atomic E-state index is 0.0634. The molecular weight excluding hydrogens is 409 g/mol. The molecule has 8 heteroatoms. The topological polar surface area (TPSA) is 87.5 Å². The third kappa shape index (κ3) is 5.10. The zero-order valence-electron chi connectivity index (χ0n) is 17.4. The van der Waals surface area contributed by atoms with Crippen LogP contribution in [0.15, 0.2) is 79.0 Å². The Morgan fingerprint density at radius 2 is 1.81 bits per heavy atom. The van der Waals surface area contributed by atoms with Crippen molar-refractivity contribution < 1.29 is 14.0 Å². The molecule has 2 aromatic carbocycles. The van der Waals surface area contributed by atoms with E-state index in [2.05, 4.69) is 21.0 Å². The molecule has 0 saturated carbocycles. The fourth-order valence-corrected chi connectivity index (χ4v) is 3.34. The average molecular weight is 431 g/mol. The zero-order valence-corrected chi connectivity index (χ0v) is 17.4. The first-order valence-corrected chi connectivity index (χ1v) is 10.1. The predicted molar refractivity (Wildman–Crippen MR) is 121 cm³/mol. The number of urea groups is 1. The zero-order chi connectivity index (χ0) is 22.5. The fraction of sp³-hybridized carbons (Fsp3) is 0.125. The molecule has 2 heterocycles. The number of amides is 3. The molecule has 1 unspecified atom stereocenters. The maximum Gasteiger partial charge on any atom is 0.320 e. The van der Waals surface area contributed by atoms with Crippen LogP contribution >= 0.6 is 0 Å². The number of nitrogens with one attached hydrogen (secondary N) is 3. The third-order valence-electron chi connectivity index (χ3n) is 4.94. The maximum absolute atomic E-state index is 13.8. The van der Waals surface area contributed by atoms with Crippen molar-refractivity contribution >= 4 is 29.0 Å². The number of aromatic nitrogens is 2. The summed E-state index contributed by atoms with van der Waals surface area (Å²) in [5.41, 5.74) is 2.58. The number of halogens is 1. The highest BCUT2D eigenvalue weighted by Gasteiger charge is 2.13. The van der Waals surface area contributed by atoms with Crippen molar-refractivity contribution in [1.29, 1.82) is 0 Å². The van der Waals surface area contributed by atoms with E-state index in [0.717, 1.165) is 11.1 Å². The lowest BCUT2D eigenvalue weighted by molar-refractivity contribution is -0.115. The number of benzene rings is 2. The second kappa shape index (κ2) is 9.30. The Labute approximate surface area is 184 Å². The lowest BCUT2D eigenvalue weighted by Gasteiger charge is -2.16. The lowest BCUT2D eigenvalue weighted by Crippen LogP contribution is -2.31. The molecule has 0 aliphatic carbocycles. The molecular formula is C24H22FN5O2. The van der Waals surface area contributed by atoms with Crippen molar-refractivity contribution in [3.8, 4) is 0 Å². The van der Waals surface area contributed by atoms with E-state index in [-0.39, 0.29) is 18.4 Å². The highest BCUT2D eigenvalue weighted by Crippen LogP contribution is 2.19. The van der Waals surface area contributed by atoms with Gasteiger partial charge in [0.1, 0.15) is 5.82 Å². The van der Waals surface area contributed by atoms with Crippen molar-refractivity contribution in [3.63, 3.8) is 0 Å². The number of carbonyl (C=O) groups excluding carboxylic acids is 2. The summed E-state index contributed by atoms with van der Waals surface area (Å²) in [5.74, 6) is -0.293. The highest BCUT2D eigenvalue weighted by atomic mass is 19.1. The molecule has 32 heavy (non-hydrogen) atoms. The number of fused-ring (bicyclic) bond motifs is 1. The van der Waals surface area contributed by atoms with Crippen molar-refractivity contribution in [2.75, 3.05) is 10.6 Å². The number of carbonyl (C=O) groups is 2. The summed E-state index contributed by atoms with van der Waals surface area (Å²) in [5, 5.41) is 12.6. The van der Waals surface area contributed by atoms with E-state index in [1.165, 1.54) is 6.07 Å². The first-order chi connectivity index (χ1) is 15.5. The molecule has 0 aliphatic rings. The average Bonchev–Trinajstić information content (AvgIpc) is 3.17. The van der Waals surface area contributed by atoms with Gasteiger partial charge in [0.15, 0.2) is 5.82 Å². The first-order valence-electron chi connectivity index (χ1n) is 10.1. The Kier molecular flexibility index (Phi) is 6.12. The number of pyridine rings is 1. The molecule has 0 fully saturated rings. The van der Waals surface area contributed by atoms with E-state index in [9.17, 15) is 14.0 Å². The molecule has 0 spiro atoms. The molecule has 3 N–H and O–H groups in total. The van der Waals surface area contributed by atoms with Crippen LogP contribution in [0.4, 0.5) is 20.7 Å². The van der Waals surface area contributed by atoms with Crippen LogP contribution in [0.1, 0.15) is 24.1 Å². The van der Waals surface area contributed by atoms with Gasteiger partial charge in [-0.2, -0.15) is 0 Å². The summed E-state index contributed by atoms with van der Waals surface area (Å²) < 4.78 is 15.4. The smallest absolute Gasteiger partial charge is 0.320 e. The fourth-order valence-electron chi connectivity index (χ4n) is 3.34. The Morgan fingerprint density at radius 3 is 2.62 bits per heavy atom. The Hall–Kier alpha value is -4.20. The van der Waals surface area contributed by atoms with Crippen molar-refractivity contribution in [3.05, 3.63) is 95.9 Å². The van der Waals surface area contributed by atoms with Crippen molar-refractivity contribution in [1.82, 2.24) is 14.9 Å². The normalized spacial score (nSPS) is 11.7. The second-order valence-corrected chi connectivity index (χ2v) is 7.36. The molecule has 4 rings (SSSR count). The molecule has 1 atom stereocenters. The van der Waals surface area contributed by atoms with E-state index >= 15 is 0 Å². The molecule has 0 radical (unpaired) electrons. The van der Waals surface area contributed by atoms with Crippen LogP contribution in [-0.2, 0) is 11.2 Å². The Morgan fingerprint density at radius 1 is 1.00 bits per heavy atom. The van der Waals surface area contributed by atoms with Gasteiger partial charge in [0.2, 0.25) is 5.91 Å². The van der Waals surface area contributed by atoms with Crippen LogP contribution in [-0.4, -0.2) is 21.6 Å². The number of hydrogen-bond donors (Lipinski definition) is 3. The van der Waals surface area contributed by atoms with Crippen LogP contribution in [0.2, 0.25) is 0 Å². The third-order valence-corrected chi connectivity index (χ3v) is 4.94. The van der Waals surface area contributed by atoms with Gasteiger partial charge >= 0.3 is 6.03 Å². The monoisotopic (exact) mass is 431 g/mol. The number of nitrogens with zero attached hydrogens (tertiary/aromatic N) is 2. The van der Waals surface area contributed by atoms with Gasteiger partial charge in [-0.3, -0.25) is 10.1 Å². The summed E-state index contributed by atoms with van der Waals surface area (Å²) in [6, 6.07) is 20.0. The predicted octanol–water partition coefficient (Wildman–Crippen LogP) is 4.54. The van der Waals surface area contributed by atoms with Crippen LogP contribution < -0.4 is 16.0 Å². The Bertz CT molecular complexity index is 1240. The summed E-state index contributed by atoms with van der Waals surface area (Å²) in [4.78, 5) is 24.7. The highest BCUT2D eigenvalue weighted by molar-refractivity contribution is 5.92. The van der Waals surface area contributed by atoms with Crippen LogP contribution in [0.25, 0.3) is 5.52 Å². The molecule has 0 bridgehead atoms. The molecule has 0 saturated heterocycles. The number of hydrogen-bond acceptors (Lipinski definition) is 3. The molecule has 2 aromatic heterocycles. The van der Waals surface area contributed by atoms with E-state index in [0.29, 0.717) is 17.1 Å². The number of rotatable bonds is 6. The summed E-state index contributed by atoms with van der Waals surface area (Å²) >= 11 is 0. The van der Waals surface area contributed by atoms with E-state index in [1.54, 1.807) is 53.2 Å². The molecule has 4 aromatic rings. The minimum Gasteiger partial charge on any atom is -0.331 e. The van der Waals surface area contributed by atoms with Gasteiger partial charge in [0.05, 0.1) is 18.0 Å². The van der Waals surface area contributed by atoms with Gasteiger partial charge in [-0.25, -0.2) is 13.7 Å². The summed E-state index contributed by atoms with van der Waals surface area (Å²) in [6.07, 6.45) is 1.74. The van der Waals surface area contributed by atoms with E-state index in [1.807, 2.05) is 31.2 Å². The summed E-state index contributed by atoms with van der Waals surface area (Å²) in [6.45, 7) is 1.84. The number of anilines is 2. The molecule has 3 amide bonds. The molecule has 0 aliphatic heterocycles. The standard InChI is InChI=1S/C24H22FN5O2/c1-16(26-24(32)28-22-15-20-10-4-5-12-30(20)29-22)17-8-6-9-19(13-17)27-23(31)14-18-7-2-3-11-21(18)25/h2-13,15-16H,14H2,1H3,(H,27,31)(H2,26,28,29,32). The SMILES string of the molecule is CC(NC(=O)Nc1cc2ccccn2n1)c1cccc(NC(=O)Cc2ccccc2F)c1. The summed E-state index contributed by atoms with van der Waals surface area (Å²) in [7, 11) is 0. The lowest BCUT2D eigenvalue weighted by atomic mass is 10.1. The van der Waals surface area contributed by atoms with Crippen molar-refractivity contribution in [2.45, 2.75) is 19.4 Å². The van der Waals surface area contributed by atoms with Gasteiger partial charge in [-0.05, 0) is 48.4 Å². The second-order valence-electron chi connectivity index (χ2n) is 7.36. The van der Waals surface area contributed by atoms with E-state index in [4.69, 9.17) is 0 Å².